The molecule has 2 aliphatic rings. The zero-order chi connectivity index (χ0) is 21.8. The van der Waals surface area contributed by atoms with Crippen LogP contribution in [0.25, 0.3) is 0 Å². The van der Waals surface area contributed by atoms with Crippen molar-refractivity contribution >= 4 is 5.91 Å². The number of carbonyl (C=O) groups is 1. The number of hydrazine groups is 1. The van der Waals surface area contributed by atoms with Crippen molar-refractivity contribution in [2.45, 2.75) is 12.6 Å². The lowest BCUT2D eigenvalue weighted by molar-refractivity contribution is -0.137. The monoisotopic (exact) mass is 428 g/mol. The highest BCUT2D eigenvalue weighted by atomic mass is 19.1. The number of nitrogens with zero attached hydrogens (tertiary/aromatic N) is 2. The fraction of sp³-hybridized carbons (Fsp3) is 0.435. The molecule has 0 spiro atoms. The molecule has 0 saturated carbocycles. The maximum absolute atomic E-state index is 13.3. The van der Waals surface area contributed by atoms with Gasteiger partial charge in [0.1, 0.15) is 17.3 Å². The predicted octanol–water partition coefficient (Wildman–Crippen LogP) is 1.95. The summed E-state index contributed by atoms with van der Waals surface area (Å²) in [6.07, 6.45) is 0. The van der Waals surface area contributed by atoms with Gasteiger partial charge in [0, 0.05) is 44.8 Å². The summed E-state index contributed by atoms with van der Waals surface area (Å²) in [5.41, 5.74) is 8.25. The zero-order valence-corrected chi connectivity index (χ0v) is 17.9. The lowest BCUT2D eigenvalue weighted by atomic mass is 9.93. The van der Waals surface area contributed by atoms with E-state index in [9.17, 15) is 9.18 Å². The molecule has 2 aromatic rings. The van der Waals surface area contributed by atoms with E-state index in [4.69, 9.17) is 9.47 Å². The summed E-state index contributed by atoms with van der Waals surface area (Å²) >= 11 is 0. The lowest BCUT2D eigenvalue weighted by Crippen LogP contribution is -2.50. The number of amides is 1. The minimum absolute atomic E-state index is 0.130. The molecule has 7 nitrogen and oxygen atoms in total. The van der Waals surface area contributed by atoms with Crippen molar-refractivity contribution in [2.24, 2.45) is 5.92 Å². The van der Waals surface area contributed by atoms with Crippen LogP contribution in [0.3, 0.4) is 0 Å². The van der Waals surface area contributed by atoms with Gasteiger partial charge in [0.15, 0.2) is 0 Å². The molecule has 166 valence electrons. The summed E-state index contributed by atoms with van der Waals surface area (Å²) in [7, 11) is 3.32. The quantitative estimate of drug-likeness (QED) is 0.733. The second-order valence-corrected chi connectivity index (χ2v) is 7.94. The van der Waals surface area contributed by atoms with Crippen molar-refractivity contribution in [3.63, 3.8) is 0 Å². The largest absolute Gasteiger partial charge is 0.497 e. The SMILES string of the molecule is COc1ccc(OC)c(CN2CCN(C(=O)C3CNNC3c3ccc(F)cc3)CC2)c1. The van der Waals surface area contributed by atoms with Crippen molar-refractivity contribution in [3.8, 4) is 11.5 Å². The standard InChI is InChI=1S/C23H29FN4O3/c1-30-19-7-8-21(31-2)17(13-19)15-27-9-11-28(12-10-27)23(29)20-14-25-26-22(20)16-3-5-18(24)6-4-16/h3-8,13,20,22,25-26H,9-12,14-15H2,1-2H3. The van der Waals surface area contributed by atoms with E-state index in [1.807, 2.05) is 23.1 Å². The van der Waals surface area contributed by atoms with Crippen LogP contribution in [0.15, 0.2) is 42.5 Å². The van der Waals surface area contributed by atoms with E-state index >= 15 is 0 Å². The van der Waals surface area contributed by atoms with E-state index in [1.165, 1.54) is 12.1 Å². The fourth-order valence-corrected chi connectivity index (χ4v) is 4.32. The molecular formula is C23H29FN4O3. The summed E-state index contributed by atoms with van der Waals surface area (Å²) in [6.45, 7) is 4.24. The van der Waals surface area contributed by atoms with E-state index < -0.39 is 0 Å². The molecule has 8 heteroatoms. The molecule has 2 aliphatic heterocycles. The molecule has 0 aromatic heterocycles. The Bertz CT molecular complexity index is 900. The predicted molar refractivity (Wildman–Crippen MR) is 115 cm³/mol. The topological polar surface area (TPSA) is 66.1 Å². The number of ether oxygens (including phenoxy) is 2. The van der Waals surface area contributed by atoms with Crippen molar-refractivity contribution in [1.29, 1.82) is 0 Å². The first-order chi connectivity index (χ1) is 15.1. The van der Waals surface area contributed by atoms with E-state index in [0.29, 0.717) is 19.6 Å². The van der Waals surface area contributed by atoms with Crippen LogP contribution in [-0.2, 0) is 11.3 Å². The molecule has 0 bridgehead atoms. The van der Waals surface area contributed by atoms with Gasteiger partial charge in [0.2, 0.25) is 5.91 Å². The van der Waals surface area contributed by atoms with Gasteiger partial charge in [-0.1, -0.05) is 12.1 Å². The average Bonchev–Trinajstić information content (AvgIpc) is 3.29. The number of piperazine rings is 1. The third-order valence-corrected chi connectivity index (χ3v) is 6.09. The van der Waals surface area contributed by atoms with Gasteiger partial charge < -0.3 is 14.4 Å². The normalized spacial score (nSPS) is 21.8. The molecule has 2 fully saturated rings. The van der Waals surface area contributed by atoms with Gasteiger partial charge in [0.05, 0.1) is 26.2 Å². The molecule has 2 atom stereocenters. The van der Waals surface area contributed by atoms with Gasteiger partial charge in [-0.15, -0.1) is 0 Å². The first kappa shape index (κ1) is 21.5. The Kier molecular flexibility index (Phi) is 6.70. The Morgan fingerprint density at radius 1 is 1.06 bits per heavy atom. The van der Waals surface area contributed by atoms with Crippen LogP contribution in [0.1, 0.15) is 17.2 Å². The van der Waals surface area contributed by atoms with Crippen molar-refractivity contribution < 1.29 is 18.7 Å². The number of nitrogens with one attached hydrogen (secondary N) is 2. The van der Waals surface area contributed by atoms with Crippen molar-refractivity contribution in [2.75, 3.05) is 46.9 Å². The van der Waals surface area contributed by atoms with E-state index in [0.717, 1.165) is 42.3 Å². The zero-order valence-electron chi connectivity index (χ0n) is 17.9. The molecule has 1 amide bonds. The Balaban J connectivity index is 1.36. The van der Waals surface area contributed by atoms with Crippen molar-refractivity contribution in [3.05, 3.63) is 59.4 Å². The molecule has 2 unspecified atom stereocenters. The third kappa shape index (κ3) is 4.81. The Hall–Kier alpha value is -2.68. The summed E-state index contributed by atoms with van der Waals surface area (Å²) < 4.78 is 24.1. The van der Waals surface area contributed by atoms with E-state index in [1.54, 1.807) is 26.4 Å². The smallest absolute Gasteiger partial charge is 0.229 e. The molecule has 0 aliphatic carbocycles. The summed E-state index contributed by atoms with van der Waals surface area (Å²) in [6, 6.07) is 12.0. The first-order valence-corrected chi connectivity index (χ1v) is 10.5. The second-order valence-electron chi connectivity index (χ2n) is 7.94. The molecule has 31 heavy (non-hydrogen) atoms. The van der Waals surface area contributed by atoms with Crippen LogP contribution in [0.5, 0.6) is 11.5 Å². The Morgan fingerprint density at radius 3 is 2.48 bits per heavy atom. The average molecular weight is 429 g/mol. The van der Waals surface area contributed by atoms with Gasteiger partial charge in [-0.05, 0) is 35.9 Å². The molecule has 2 aromatic carbocycles. The Morgan fingerprint density at radius 2 is 1.81 bits per heavy atom. The maximum atomic E-state index is 13.3. The highest BCUT2D eigenvalue weighted by Gasteiger charge is 2.37. The number of benzene rings is 2. The molecular weight excluding hydrogens is 399 g/mol. The van der Waals surface area contributed by atoms with Crippen LogP contribution >= 0.6 is 0 Å². The minimum atomic E-state index is -0.277. The number of carbonyl (C=O) groups excluding carboxylic acids is 1. The van der Waals surface area contributed by atoms with Crippen LogP contribution in [0.2, 0.25) is 0 Å². The summed E-state index contributed by atoms with van der Waals surface area (Å²) in [4.78, 5) is 17.5. The number of methoxy groups -OCH3 is 2. The number of halogens is 1. The molecule has 2 heterocycles. The van der Waals surface area contributed by atoms with Gasteiger partial charge in [-0.25, -0.2) is 9.82 Å². The summed E-state index contributed by atoms with van der Waals surface area (Å²) in [5, 5.41) is 0. The van der Waals surface area contributed by atoms with Gasteiger partial charge in [-0.3, -0.25) is 15.1 Å². The lowest BCUT2D eigenvalue weighted by Gasteiger charge is -2.36. The minimum Gasteiger partial charge on any atom is -0.497 e. The molecule has 2 N–H and O–H groups in total. The first-order valence-electron chi connectivity index (χ1n) is 10.5. The number of hydrogen-bond acceptors (Lipinski definition) is 6. The van der Waals surface area contributed by atoms with Gasteiger partial charge >= 0.3 is 0 Å². The maximum Gasteiger partial charge on any atom is 0.229 e. The number of hydrogen-bond donors (Lipinski definition) is 2. The summed E-state index contributed by atoms with van der Waals surface area (Å²) in [5.74, 6) is 1.28. The van der Waals surface area contributed by atoms with E-state index in [2.05, 4.69) is 15.8 Å². The molecule has 2 saturated heterocycles. The van der Waals surface area contributed by atoms with Gasteiger partial charge in [0.25, 0.3) is 0 Å². The van der Waals surface area contributed by atoms with E-state index in [-0.39, 0.29) is 23.7 Å². The second kappa shape index (κ2) is 9.64. The van der Waals surface area contributed by atoms with Gasteiger partial charge in [-0.2, -0.15) is 0 Å². The van der Waals surface area contributed by atoms with Crippen molar-refractivity contribution in [1.82, 2.24) is 20.7 Å². The van der Waals surface area contributed by atoms with Crippen LogP contribution in [0, 0.1) is 11.7 Å². The molecule has 4 rings (SSSR count). The highest BCUT2D eigenvalue weighted by molar-refractivity contribution is 5.80. The fourth-order valence-electron chi connectivity index (χ4n) is 4.32. The van der Waals surface area contributed by atoms with Crippen LogP contribution in [-0.4, -0.2) is 62.7 Å². The highest BCUT2D eigenvalue weighted by Crippen LogP contribution is 2.28. The molecule has 0 radical (unpaired) electrons. The van der Waals surface area contributed by atoms with Crippen LogP contribution in [0.4, 0.5) is 4.39 Å². The third-order valence-electron chi connectivity index (χ3n) is 6.09. The van der Waals surface area contributed by atoms with Crippen LogP contribution < -0.4 is 20.3 Å². The number of rotatable bonds is 6. The Labute approximate surface area is 182 Å².